The Morgan fingerprint density at radius 3 is 2.75 bits per heavy atom. The van der Waals surface area contributed by atoms with E-state index in [9.17, 15) is 0 Å². The maximum atomic E-state index is 5.95. The minimum Gasteiger partial charge on any atom is -0.459 e. The highest BCUT2D eigenvalue weighted by Crippen LogP contribution is 2.34. The number of aryl methyl sites for hydroxylation is 2. The van der Waals surface area contributed by atoms with Crippen LogP contribution >= 0.6 is 15.9 Å². The van der Waals surface area contributed by atoms with Crippen molar-refractivity contribution in [1.29, 1.82) is 0 Å². The van der Waals surface area contributed by atoms with Gasteiger partial charge in [0.15, 0.2) is 0 Å². The molecule has 0 aliphatic heterocycles. The highest BCUT2D eigenvalue weighted by molar-refractivity contribution is 9.10. The minimum atomic E-state index is 0.781. The lowest BCUT2D eigenvalue weighted by molar-refractivity contribution is 0.523. The molecule has 0 aliphatic carbocycles. The van der Waals surface area contributed by atoms with Gasteiger partial charge in [0, 0.05) is 15.4 Å². The third kappa shape index (κ3) is 1.78. The highest BCUT2D eigenvalue weighted by atomic mass is 79.9. The molecule has 86 valence electrons. The van der Waals surface area contributed by atoms with Crippen molar-refractivity contribution in [2.75, 3.05) is 7.05 Å². The first-order valence-corrected chi connectivity index (χ1v) is 6.32. The van der Waals surface area contributed by atoms with Gasteiger partial charge < -0.3 is 9.73 Å². The Bertz CT molecular complexity index is 516. The van der Waals surface area contributed by atoms with Crippen molar-refractivity contribution in [1.82, 2.24) is 5.32 Å². The Hall–Kier alpha value is -0.800. The Kier molecular flexibility index (Phi) is 3.36. The van der Waals surface area contributed by atoms with Crippen molar-refractivity contribution in [3.63, 3.8) is 0 Å². The number of hydrogen-bond donors (Lipinski definition) is 1. The molecule has 0 aliphatic rings. The molecule has 0 atom stereocenters. The summed E-state index contributed by atoms with van der Waals surface area (Å²) in [5.41, 5.74) is 3.51. The van der Waals surface area contributed by atoms with Crippen LogP contribution in [0.15, 0.2) is 21.0 Å². The zero-order valence-corrected chi connectivity index (χ0v) is 11.4. The van der Waals surface area contributed by atoms with Crippen LogP contribution in [0.2, 0.25) is 0 Å². The number of rotatable bonds is 3. The molecule has 0 radical (unpaired) electrons. The average Bonchev–Trinajstić information content (AvgIpc) is 2.64. The van der Waals surface area contributed by atoms with Crippen molar-refractivity contribution >= 4 is 26.9 Å². The van der Waals surface area contributed by atoms with Crippen LogP contribution in [-0.4, -0.2) is 7.05 Å². The lowest BCUT2D eigenvalue weighted by Gasteiger charge is -2.00. The summed E-state index contributed by atoms with van der Waals surface area (Å²) in [7, 11) is 1.94. The van der Waals surface area contributed by atoms with E-state index in [-0.39, 0.29) is 0 Å². The van der Waals surface area contributed by atoms with E-state index in [2.05, 4.69) is 47.2 Å². The van der Waals surface area contributed by atoms with Crippen LogP contribution in [0.4, 0.5) is 0 Å². The van der Waals surface area contributed by atoms with Crippen LogP contribution in [0.1, 0.15) is 23.8 Å². The number of furan rings is 1. The van der Waals surface area contributed by atoms with Gasteiger partial charge in [-0.2, -0.15) is 0 Å². The predicted molar refractivity (Wildman–Crippen MR) is 70.8 cm³/mol. The maximum Gasteiger partial charge on any atom is 0.138 e. The first-order valence-electron chi connectivity index (χ1n) is 5.53. The molecule has 1 aromatic carbocycles. The summed E-state index contributed by atoms with van der Waals surface area (Å²) < 4.78 is 7.07. The van der Waals surface area contributed by atoms with Gasteiger partial charge in [0.2, 0.25) is 0 Å². The molecular formula is C13H16BrNO. The Balaban J connectivity index is 2.76. The second-order valence-corrected chi connectivity index (χ2v) is 4.81. The Morgan fingerprint density at radius 2 is 2.12 bits per heavy atom. The summed E-state index contributed by atoms with van der Waals surface area (Å²) in [5, 5.41) is 4.38. The SMILES string of the molecule is CCc1c(CNC)oc2c(C)ccc(Br)c12. The van der Waals surface area contributed by atoms with E-state index in [4.69, 9.17) is 4.42 Å². The Labute approximate surface area is 104 Å². The minimum absolute atomic E-state index is 0.781. The highest BCUT2D eigenvalue weighted by Gasteiger charge is 2.15. The first-order chi connectivity index (χ1) is 7.69. The molecule has 0 amide bonds. The zero-order valence-electron chi connectivity index (χ0n) is 9.86. The molecular weight excluding hydrogens is 266 g/mol. The number of benzene rings is 1. The number of hydrogen-bond acceptors (Lipinski definition) is 2. The average molecular weight is 282 g/mol. The van der Waals surface area contributed by atoms with Gasteiger partial charge in [0.25, 0.3) is 0 Å². The van der Waals surface area contributed by atoms with Gasteiger partial charge in [0.1, 0.15) is 11.3 Å². The Morgan fingerprint density at radius 1 is 1.38 bits per heavy atom. The van der Waals surface area contributed by atoms with E-state index < -0.39 is 0 Å². The fourth-order valence-electron chi connectivity index (χ4n) is 2.08. The van der Waals surface area contributed by atoms with Crippen molar-refractivity contribution in [3.05, 3.63) is 33.5 Å². The number of nitrogens with one attached hydrogen (secondary N) is 1. The fourth-order valence-corrected chi connectivity index (χ4v) is 2.63. The number of fused-ring (bicyclic) bond motifs is 1. The van der Waals surface area contributed by atoms with Gasteiger partial charge in [-0.05, 0) is 32.0 Å². The first kappa shape index (κ1) is 11.7. The molecule has 16 heavy (non-hydrogen) atoms. The van der Waals surface area contributed by atoms with Gasteiger partial charge >= 0.3 is 0 Å². The van der Waals surface area contributed by atoms with E-state index in [1.54, 1.807) is 0 Å². The van der Waals surface area contributed by atoms with E-state index in [0.29, 0.717) is 0 Å². The van der Waals surface area contributed by atoms with Crippen molar-refractivity contribution in [2.24, 2.45) is 0 Å². The quantitative estimate of drug-likeness (QED) is 0.926. The largest absolute Gasteiger partial charge is 0.459 e. The monoisotopic (exact) mass is 281 g/mol. The van der Waals surface area contributed by atoms with Crippen LogP contribution in [0.5, 0.6) is 0 Å². The normalized spacial score (nSPS) is 11.2. The molecule has 3 heteroatoms. The van der Waals surface area contributed by atoms with Gasteiger partial charge in [-0.15, -0.1) is 0 Å². The molecule has 0 saturated carbocycles. The van der Waals surface area contributed by atoms with Crippen LogP contribution in [0, 0.1) is 6.92 Å². The second-order valence-electron chi connectivity index (χ2n) is 3.96. The molecule has 1 aromatic heterocycles. The third-order valence-corrected chi connectivity index (χ3v) is 3.52. The fraction of sp³-hybridized carbons (Fsp3) is 0.385. The molecule has 1 heterocycles. The third-order valence-electron chi connectivity index (χ3n) is 2.86. The summed E-state index contributed by atoms with van der Waals surface area (Å²) in [5.74, 6) is 1.05. The van der Waals surface area contributed by atoms with Gasteiger partial charge in [-0.1, -0.05) is 28.9 Å². The molecule has 2 rings (SSSR count). The molecule has 0 bridgehead atoms. The summed E-state index contributed by atoms with van der Waals surface area (Å²) in [6.07, 6.45) is 0.992. The lowest BCUT2D eigenvalue weighted by atomic mass is 10.1. The molecule has 2 aromatic rings. The molecule has 0 fully saturated rings. The standard InChI is InChI=1S/C13H16BrNO/c1-4-9-11(7-15-3)16-13-8(2)5-6-10(14)12(9)13/h5-6,15H,4,7H2,1-3H3. The van der Waals surface area contributed by atoms with Gasteiger partial charge in [0.05, 0.1) is 6.54 Å². The van der Waals surface area contributed by atoms with Crippen molar-refractivity contribution < 1.29 is 4.42 Å². The molecule has 1 N–H and O–H groups in total. The van der Waals surface area contributed by atoms with Gasteiger partial charge in [-0.3, -0.25) is 0 Å². The predicted octanol–water partition coefficient (Wildman–Crippen LogP) is 3.79. The molecule has 0 unspecified atom stereocenters. The van der Waals surface area contributed by atoms with Crippen LogP contribution in [-0.2, 0) is 13.0 Å². The van der Waals surface area contributed by atoms with Crippen molar-refractivity contribution in [3.8, 4) is 0 Å². The maximum absolute atomic E-state index is 5.95. The van der Waals surface area contributed by atoms with Crippen molar-refractivity contribution in [2.45, 2.75) is 26.8 Å². The number of halogens is 1. The van der Waals surface area contributed by atoms with E-state index >= 15 is 0 Å². The van der Waals surface area contributed by atoms with Crippen LogP contribution in [0.3, 0.4) is 0 Å². The summed E-state index contributed by atoms with van der Waals surface area (Å²) in [4.78, 5) is 0. The zero-order chi connectivity index (χ0) is 11.7. The van der Waals surface area contributed by atoms with E-state index in [1.165, 1.54) is 16.5 Å². The molecule has 2 nitrogen and oxygen atoms in total. The molecule has 0 saturated heterocycles. The van der Waals surface area contributed by atoms with E-state index in [0.717, 1.165) is 28.8 Å². The van der Waals surface area contributed by atoms with Gasteiger partial charge in [-0.25, -0.2) is 0 Å². The summed E-state index contributed by atoms with van der Waals surface area (Å²) in [6, 6.07) is 4.17. The second kappa shape index (κ2) is 4.60. The smallest absolute Gasteiger partial charge is 0.138 e. The van der Waals surface area contributed by atoms with E-state index in [1.807, 2.05) is 7.05 Å². The lowest BCUT2D eigenvalue weighted by Crippen LogP contribution is -2.05. The summed E-state index contributed by atoms with van der Waals surface area (Å²) >= 11 is 3.61. The van der Waals surface area contributed by atoms with Crippen LogP contribution < -0.4 is 5.32 Å². The topological polar surface area (TPSA) is 25.2 Å². The summed E-state index contributed by atoms with van der Waals surface area (Å²) in [6.45, 7) is 5.03. The molecule has 0 spiro atoms. The van der Waals surface area contributed by atoms with Crippen LogP contribution in [0.25, 0.3) is 11.0 Å².